The minimum Gasteiger partial charge on any atom is -0.409 e. The first kappa shape index (κ1) is 21.8. The zero-order valence-corrected chi connectivity index (χ0v) is 21.2. The smallest absolute Gasteiger partial charge is 0.409 e. The maximum Gasteiger partial charge on any atom is 0.481 e. The van der Waals surface area contributed by atoms with Crippen LogP contribution >= 0.6 is 0 Å². The number of hydrogen-bond acceptors (Lipinski definition) is 6. The van der Waals surface area contributed by atoms with Gasteiger partial charge in [0.05, 0.1) is 0 Å². The normalized spacial score (nSPS) is 36.5. The highest BCUT2D eigenvalue weighted by atomic mass is 28.5. The lowest BCUT2D eigenvalue weighted by atomic mass is 10.4. The van der Waals surface area contributed by atoms with Crippen molar-refractivity contribution in [3.05, 3.63) is 60.7 Å². The second-order valence-corrected chi connectivity index (χ2v) is 19.6. The van der Waals surface area contributed by atoms with Gasteiger partial charge in [-0.2, -0.15) is 0 Å². The number of benzene rings is 2. The van der Waals surface area contributed by atoms with Crippen LogP contribution in [0.5, 0.6) is 0 Å². The summed E-state index contributed by atoms with van der Waals surface area (Å²) >= 11 is 0. The van der Waals surface area contributed by atoms with Crippen LogP contribution in [0.15, 0.2) is 60.7 Å². The third-order valence-corrected chi connectivity index (χ3v) is 21.3. The zero-order valence-electron chi connectivity index (χ0n) is 17.2. The Morgan fingerprint density at radius 3 is 1.21 bits per heavy atom. The van der Waals surface area contributed by atoms with Crippen molar-refractivity contribution in [1.82, 2.24) is 0 Å². The fourth-order valence-electron chi connectivity index (χ4n) is 3.38. The largest absolute Gasteiger partial charge is 0.481 e. The first-order chi connectivity index (χ1) is 13.2. The van der Waals surface area contributed by atoms with E-state index in [1.54, 1.807) is 14.2 Å². The SMILES string of the molecule is CO[Si]1(C)O[Si](C)(OC)O[Si](C)(c2ccccc2)O[Si](C)(c2ccccc2)O1. The predicted molar refractivity (Wildman–Crippen MR) is 117 cm³/mol. The van der Waals surface area contributed by atoms with E-state index in [4.69, 9.17) is 25.3 Å². The Balaban J connectivity index is 2.14. The number of rotatable bonds is 4. The molecule has 1 heterocycles. The van der Waals surface area contributed by atoms with E-state index in [1.165, 1.54) is 0 Å². The van der Waals surface area contributed by atoms with E-state index in [0.717, 1.165) is 10.4 Å². The fourth-order valence-corrected chi connectivity index (χ4v) is 21.7. The molecule has 4 unspecified atom stereocenters. The molecule has 0 aliphatic carbocycles. The zero-order chi connectivity index (χ0) is 20.5. The summed E-state index contributed by atoms with van der Waals surface area (Å²) in [4.78, 5) is 0. The molecule has 0 bridgehead atoms. The summed E-state index contributed by atoms with van der Waals surface area (Å²) in [5.74, 6) is 0. The van der Waals surface area contributed by atoms with Crippen LogP contribution in [0.1, 0.15) is 0 Å². The summed E-state index contributed by atoms with van der Waals surface area (Å²) in [6.07, 6.45) is 0. The monoisotopic (exact) mass is 452 g/mol. The van der Waals surface area contributed by atoms with Gasteiger partial charge in [-0.1, -0.05) is 60.7 Å². The fraction of sp³-hybridized carbons (Fsp3) is 0.333. The van der Waals surface area contributed by atoms with E-state index in [0.29, 0.717) is 0 Å². The minimum absolute atomic E-state index is 1.01. The molecule has 2 aromatic rings. The topological polar surface area (TPSA) is 55.4 Å². The van der Waals surface area contributed by atoms with Gasteiger partial charge in [-0.3, -0.25) is 0 Å². The van der Waals surface area contributed by atoms with Crippen molar-refractivity contribution >= 4 is 45.1 Å². The van der Waals surface area contributed by atoms with Gasteiger partial charge in [0.2, 0.25) is 0 Å². The molecule has 2 aromatic carbocycles. The van der Waals surface area contributed by atoms with Gasteiger partial charge in [-0.05, 0) is 23.5 Å². The summed E-state index contributed by atoms with van der Waals surface area (Å²) in [7, 11) is -8.77. The molecule has 1 aliphatic rings. The van der Waals surface area contributed by atoms with Crippen LogP contribution in [0.25, 0.3) is 0 Å². The van der Waals surface area contributed by atoms with Gasteiger partial charge in [0.25, 0.3) is 0 Å². The van der Waals surface area contributed by atoms with E-state index < -0.39 is 34.7 Å². The van der Waals surface area contributed by atoms with Crippen molar-refractivity contribution in [2.45, 2.75) is 26.2 Å². The lowest BCUT2D eigenvalue weighted by Gasteiger charge is -2.47. The van der Waals surface area contributed by atoms with Crippen LogP contribution in [0.3, 0.4) is 0 Å². The highest BCUT2D eigenvalue weighted by Crippen LogP contribution is 2.31. The van der Waals surface area contributed by atoms with Crippen LogP contribution in [0, 0.1) is 0 Å². The first-order valence-electron chi connectivity index (χ1n) is 9.18. The quantitative estimate of drug-likeness (QED) is 0.664. The lowest BCUT2D eigenvalue weighted by molar-refractivity contribution is 0.108. The van der Waals surface area contributed by atoms with Gasteiger partial charge in [0.1, 0.15) is 0 Å². The Morgan fingerprint density at radius 2 is 0.893 bits per heavy atom. The van der Waals surface area contributed by atoms with Crippen molar-refractivity contribution in [2.75, 3.05) is 14.2 Å². The molecule has 28 heavy (non-hydrogen) atoms. The maximum absolute atomic E-state index is 6.90. The van der Waals surface area contributed by atoms with E-state index in [1.807, 2.05) is 86.9 Å². The van der Waals surface area contributed by atoms with Crippen LogP contribution in [-0.4, -0.2) is 49.0 Å². The van der Waals surface area contributed by atoms with Gasteiger partial charge < -0.3 is 25.3 Å². The Kier molecular flexibility index (Phi) is 6.27. The summed E-state index contributed by atoms with van der Waals surface area (Å²) in [5.41, 5.74) is 0. The third kappa shape index (κ3) is 4.46. The molecule has 0 radical (unpaired) electrons. The van der Waals surface area contributed by atoms with Crippen LogP contribution in [0.4, 0.5) is 0 Å². The molecule has 1 aliphatic heterocycles. The molecule has 10 heteroatoms. The molecule has 0 spiro atoms. The summed E-state index contributed by atoms with van der Waals surface area (Å²) in [5, 5.41) is 2.02. The molecule has 0 amide bonds. The van der Waals surface area contributed by atoms with E-state index in [2.05, 4.69) is 0 Å². The molecule has 0 aromatic heterocycles. The Bertz CT molecular complexity index is 734. The molecule has 0 N–H and O–H groups in total. The summed E-state index contributed by atoms with van der Waals surface area (Å²) in [6.45, 7) is 7.80. The van der Waals surface area contributed by atoms with Crippen molar-refractivity contribution in [1.29, 1.82) is 0 Å². The Morgan fingerprint density at radius 1 is 0.536 bits per heavy atom. The number of hydrogen-bond donors (Lipinski definition) is 0. The predicted octanol–water partition coefficient (Wildman–Crippen LogP) is 2.45. The molecule has 4 atom stereocenters. The first-order valence-corrected chi connectivity index (χ1v) is 18.3. The molecule has 1 fully saturated rings. The van der Waals surface area contributed by atoms with Crippen LogP contribution in [-0.2, 0) is 25.3 Å². The standard InChI is InChI=1S/C18H28O6Si4/c1-19-27(5)22-25(3,17-13-9-7-10-14-17)21-26(4,18-15-11-8-12-16-18)23-28(6,20-2)24-27/h7-16H,1-6H3. The van der Waals surface area contributed by atoms with E-state index >= 15 is 0 Å². The summed E-state index contributed by atoms with van der Waals surface area (Å²) in [6, 6.07) is 20.0. The molecule has 6 nitrogen and oxygen atoms in total. The van der Waals surface area contributed by atoms with Crippen molar-refractivity contribution in [3.8, 4) is 0 Å². The molecular formula is C18H28O6Si4. The lowest BCUT2D eigenvalue weighted by Crippen LogP contribution is -2.74. The second-order valence-electron chi connectivity index (χ2n) is 7.16. The van der Waals surface area contributed by atoms with Gasteiger partial charge in [-0.25, -0.2) is 0 Å². The van der Waals surface area contributed by atoms with Crippen molar-refractivity contribution in [3.63, 3.8) is 0 Å². The van der Waals surface area contributed by atoms with Crippen LogP contribution in [0.2, 0.25) is 26.2 Å². The van der Waals surface area contributed by atoms with E-state index in [-0.39, 0.29) is 0 Å². The average Bonchev–Trinajstić information content (AvgIpc) is 2.68. The van der Waals surface area contributed by atoms with Crippen LogP contribution < -0.4 is 10.4 Å². The van der Waals surface area contributed by atoms with Crippen molar-refractivity contribution < 1.29 is 25.3 Å². The maximum atomic E-state index is 6.90. The van der Waals surface area contributed by atoms with E-state index in [9.17, 15) is 0 Å². The molecular weight excluding hydrogens is 425 g/mol. The highest BCUT2D eigenvalue weighted by molar-refractivity contribution is 6.99. The molecule has 3 rings (SSSR count). The average molecular weight is 453 g/mol. The van der Waals surface area contributed by atoms with Gasteiger partial charge >= 0.3 is 34.7 Å². The molecule has 152 valence electrons. The Labute approximate surface area is 171 Å². The molecule has 1 saturated heterocycles. The summed E-state index contributed by atoms with van der Waals surface area (Å²) < 4.78 is 38.0. The second kappa shape index (κ2) is 8.06. The molecule has 0 saturated carbocycles. The highest BCUT2D eigenvalue weighted by Gasteiger charge is 2.60. The van der Waals surface area contributed by atoms with Gasteiger partial charge in [-0.15, -0.1) is 0 Å². The minimum atomic E-state index is -3.06. The van der Waals surface area contributed by atoms with Crippen molar-refractivity contribution in [2.24, 2.45) is 0 Å². The third-order valence-electron chi connectivity index (χ3n) is 4.86. The Hall–Kier alpha value is -0.932. The van der Waals surface area contributed by atoms with Gasteiger partial charge in [0, 0.05) is 27.3 Å². The van der Waals surface area contributed by atoms with Gasteiger partial charge in [0.15, 0.2) is 0 Å².